The lowest BCUT2D eigenvalue weighted by Gasteiger charge is -2.24. The van der Waals surface area contributed by atoms with Gasteiger partial charge in [-0.25, -0.2) is 0 Å². The van der Waals surface area contributed by atoms with Crippen molar-refractivity contribution in [3.05, 3.63) is 0 Å². The van der Waals surface area contributed by atoms with Crippen LogP contribution in [0.5, 0.6) is 0 Å². The van der Waals surface area contributed by atoms with Crippen molar-refractivity contribution in [1.82, 2.24) is 0 Å². The zero-order valence-corrected chi connectivity index (χ0v) is 7.54. The first-order valence-corrected chi connectivity index (χ1v) is 4.40. The molecule has 6 nitrogen and oxygen atoms in total. The van der Waals surface area contributed by atoms with Crippen LogP contribution < -0.4 is 0 Å². The quantitative estimate of drug-likeness (QED) is 0.388. The Labute approximate surface area is 80.7 Å². The topological polar surface area (TPSA) is 107 Å². The summed E-state index contributed by atoms with van der Waals surface area (Å²) < 4.78 is 4.70. The number of rotatable bonds is 4. The number of hydrogen-bond acceptors (Lipinski definition) is 6. The minimum Gasteiger partial charge on any atom is -0.459 e. The molecule has 0 bridgehead atoms. The van der Waals surface area contributed by atoms with Gasteiger partial charge >= 0.3 is 5.97 Å². The van der Waals surface area contributed by atoms with Gasteiger partial charge in [0.1, 0.15) is 24.4 Å². The lowest BCUT2D eigenvalue weighted by Crippen LogP contribution is -2.45. The Bertz CT molecular complexity index is 206. The summed E-state index contributed by atoms with van der Waals surface area (Å²) in [5.41, 5.74) is 0. The Kier molecular flexibility index (Phi) is 3.82. The molecule has 0 unspecified atom stereocenters. The molecule has 1 aliphatic rings. The molecule has 1 fully saturated rings. The number of aliphatic hydroxyl groups excluding tert-OH is 4. The second kappa shape index (κ2) is 4.70. The van der Waals surface area contributed by atoms with Crippen LogP contribution in [0.2, 0.25) is 0 Å². The van der Waals surface area contributed by atoms with Crippen LogP contribution in [0, 0.1) is 0 Å². The van der Waals surface area contributed by atoms with Gasteiger partial charge in [0.15, 0.2) is 0 Å². The van der Waals surface area contributed by atoms with E-state index >= 15 is 0 Å². The van der Waals surface area contributed by atoms with Gasteiger partial charge in [-0.1, -0.05) is 0 Å². The van der Waals surface area contributed by atoms with Crippen LogP contribution in [0.1, 0.15) is 12.8 Å². The predicted molar refractivity (Wildman–Crippen MR) is 44.2 cm³/mol. The fourth-order valence-electron chi connectivity index (χ4n) is 1.34. The Morgan fingerprint density at radius 1 is 1.43 bits per heavy atom. The first kappa shape index (κ1) is 11.4. The van der Waals surface area contributed by atoms with E-state index in [1.807, 2.05) is 0 Å². The highest BCUT2D eigenvalue weighted by atomic mass is 16.6. The van der Waals surface area contributed by atoms with Crippen molar-refractivity contribution >= 4 is 5.97 Å². The summed E-state index contributed by atoms with van der Waals surface area (Å²) in [4.78, 5) is 10.7. The molecule has 0 aromatic carbocycles. The van der Waals surface area contributed by atoms with Gasteiger partial charge in [-0.15, -0.1) is 0 Å². The summed E-state index contributed by atoms with van der Waals surface area (Å²) >= 11 is 0. The second-order valence-corrected chi connectivity index (χ2v) is 3.30. The molecule has 4 N–H and O–H groups in total. The number of carbonyl (C=O) groups is 1. The number of ether oxygens (including phenoxy) is 1. The molecular formula is C8H14O6. The van der Waals surface area contributed by atoms with Crippen LogP contribution in [-0.4, -0.2) is 57.4 Å². The Morgan fingerprint density at radius 2 is 2.07 bits per heavy atom. The number of hydrogen-bond donors (Lipinski definition) is 4. The lowest BCUT2D eigenvalue weighted by atomic mass is 10.0. The summed E-state index contributed by atoms with van der Waals surface area (Å²) in [6.07, 6.45) is -4.57. The van der Waals surface area contributed by atoms with Crippen LogP contribution >= 0.6 is 0 Å². The van der Waals surface area contributed by atoms with Crippen molar-refractivity contribution in [3.63, 3.8) is 0 Å². The fourth-order valence-corrected chi connectivity index (χ4v) is 1.34. The summed E-state index contributed by atoms with van der Waals surface area (Å²) in [6, 6.07) is 0. The summed E-state index contributed by atoms with van der Waals surface area (Å²) in [6.45, 7) is -0.654. The number of esters is 1. The fraction of sp³-hybridized carbons (Fsp3) is 0.875. The molecule has 0 aliphatic carbocycles. The molecule has 14 heavy (non-hydrogen) atoms. The average Bonchev–Trinajstić information content (AvgIpc) is 2.61. The molecule has 0 aromatic rings. The van der Waals surface area contributed by atoms with Crippen molar-refractivity contribution in [2.45, 2.75) is 37.3 Å². The largest absolute Gasteiger partial charge is 0.459 e. The highest BCUT2D eigenvalue weighted by Gasteiger charge is 2.36. The molecule has 4 atom stereocenters. The smallest absolute Gasteiger partial charge is 0.306 e. The van der Waals surface area contributed by atoms with Crippen LogP contribution in [-0.2, 0) is 9.53 Å². The van der Waals surface area contributed by atoms with E-state index in [1.165, 1.54) is 0 Å². The minimum atomic E-state index is -1.50. The van der Waals surface area contributed by atoms with E-state index in [9.17, 15) is 15.0 Å². The highest BCUT2D eigenvalue weighted by molar-refractivity contribution is 5.71. The predicted octanol–water partition coefficient (Wildman–Crippen LogP) is -2.23. The van der Waals surface area contributed by atoms with Crippen molar-refractivity contribution in [3.8, 4) is 0 Å². The van der Waals surface area contributed by atoms with Gasteiger partial charge in [-0.2, -0.15) is 0 Å². The van der Waals surface area contributed by atoms with Gasteiger partial charge < -0.3 is 25.2 Å². The summed E-state index contributed by atoms with van der Waals surface area (Å²) in [5, 5.41) is 36.3. The standard InChI is InChI=1S/C8H14O6/c9-3-4(10)7(12)8(13)5-1-2-6(11)14-5/h4-5,7-10,12-13H,1-3H2/t4-,5+,7-,8-/m1/s1. The third-order valence-electron chi connectivity index (χ3n) is 2.23. The zero-order valence-electron chi connectivity index (χ0n) is 7.54. The van der Waals surface area contributed by atoms with E-state index in [2.05, 4.69) is 0 Å². The average molecular weight is 206 g/mol. The Morgan fingerprint density at radius 3 is 2.50 bits per heavy atom. The molecule has 82 valence electrons. The van der Waals surface area contributed by atoms with Gasteiger partial charge in [0.05, 0.1) is 6.61 Å². The molecule has 0 radical (unpaired) electrons. The van der Waals surface area contributed by atoms with Crippen LogP contribution in [0.3, 0.4) is 0 Å². The van der Waals surface area contributed by atoms with Crippen LogP contribution in [0.25, 0.3) is 0 Å². The SMILES string of the molecule is O=C1CC[C@@H]([C@@H](O)[C@H](O)[C@H](O)CO)O1. The van der Waals surface area contributed by atoms with E-state index in [4.69, 9.17) is 14.9 Å². The third kappa shape index (κ3) is 2.42. The van der Waals surface area contributed by atoms with Gasteiger partial charge in [0.25, 0.3) is 0 Å². The van der Waals surface area contributed by atoms with Crippen molar-refractivity contribution in [2.75, 3.05) is 6.61 Å². The van der Waals surface area contributed by atoms with Gasteiger partial charge in [-0.3, -0.25) is 4.79 Å². The minimum absolute atomic E-state index is 0.198. The zero-order chi connectivity index (χ0) is 10.7. The molecule has 0 spiro atoms. The molecule has 0 saturated carbocycles. The summed E-state index contributed by atoms with van der Waals surface area (Å²) in [5.74, 6) is -0.431. The van der Waals surface area contributed by atoms with Crippen LogP contribution in [0.4, 0.5) is 0 Å². The van der Waals surface area contributed by atoms with Gasteiger partial charge in [0.2, 0.25) is 0 Å². The molecule has 1 aliphatic heterocycles. The molecular weight excluding hydrogens is 192 g/mol. The first-order chi connectivity index (χ1) is 6.56. The Hall–Kier alpha value is -0.690. The van der Waals surface area contributed by atoms with Crippen molar-refractivity contribution in [2.24, 2.45) is 0 Å². The second-order valence-electron chi connectivity index (χ2n) is 3.30. The van der Waals surface area contributed by atoms with Crippen molar-refractivity contribution < 1.29 is 30.0 Å². The van der Waals surface area contributed by atoms with E-state index in [0.29, 0.717) is 6.42 Å². The maximum absolute atomic E-state index is 10.7. The maximum Gasteiger partial charge on any atom is 0.306 e. The van der Waals surface area contributed by atoms with Gasteiger partial charge in [0, 0.05) is 6.42 Å². The normalized spacial score (nSPS) is 28.3. The summed E-state index contributed by atoms with van der Waals surface area (Å²) in [7, 11) is 0. The number of aliphatic hydroxyl groups is 4. The van der Waals surface area contributed by atoms with Crippen molar-refractivity contribution in [1.29, 1.82) is 0 Å². The van der Waals surface area contributed by atoms with Crippen LogP contribution in [0.15, 0.2) is 0 Å². The molecule has 1 heterocycles. The number of carbonyl (C=O) groups excluding carboxylic acids is 1. The molecule has 1 rings (SSSR count). The first-order valence-electron chi connectivity index (χ1n) is 4.40. The van der Waals surface area contributed by atoms with E-state index in [-0.39, 0.29) is 6.42 Å². The maximum atomic E-state index is 10.7. The molecule has 0 aromatic heterocycles. The van der Waals surface area contributed by atoms with E-state index in [1.54, 1.807) is 0 Å². The monoisotopic (exact) mass is 206 g/mol. The number of cyclic esters (lactones) is 1. The Balaban J connectivity index is 2.47. The lowest BCUT2D eigenvalue weighted by molar-refractivity contribution is -0.154. The van der Waals surface area contributed by atoms with E-state index in [0.717, 1.165) is 0 Å². The third-order valence-corrected chi connectivity index (χ3v) is 2.23. The molecule has 1 saturated heterocycles. The highest BCUT2D eigenvalue weighted by Crippen LogP contribution is 2.20. The molecule has 0 amide bonds. The van der Waals surface area contributed by atoms with Gasteiger partial charge in [-0.05, 0) is 6.42 Å². The van der Waals surface area contributed by atoms with E-state index < -0.39 is 37.0 Å². The molecule has 6 heteroatoms.